The third-order valence-electron chi connectivity index (χ3n) is 14.5. The van der Waals surface area contributed by atoms with E-state index in [-0.39, 0.29) is 31.1 Å². The third kappa shape index (κ3) is 66.5. The van der Waals surface area contributed by atoms with Gasteiger partial charge in [0.2, 0.25) is 0 Å². The van der Waals surface area contributed by atoms with Crippen molar-refractivity contribution < 1.29 is 28.6 Å². The van der Waals surface area contributed by atoms with Crippen LogP contribution >= 0.6 is 0 Å². The predicted molar refractivity (Wildman–Crippen MR) is 353 cm³/mol. The van der Waals surface area contributed by atoms with Gasteiger partial charge in [0.1, 0.15) is 13.2 Å². The average molecular weight is 1120 g/mol. The maximum Gasteiger partial charge on any atom is 0.306 e. The molecule has 0 aromatic heterocycles. The molecule has 0 rings (SSSR count). The fourth-order valence-electron chi connectivity index (χ4n) is 9.37. The summed E-state index contributed by atoms with van der Waals surface area (Å²) in [6.07, 6.45) is 95.0. The molecule has 1 atom stereocenters. The lowest BCUT2D eigenvalue weighted by Gasteiger charge is -2.18. The lowest BCUT2D eigenvalue weighted by Crippen LogP contribution is -2.30. The van der Waals surface area contributed by atoms with Gasteiger partial charge in [-0.15, -0.1) is 0 Å². The van der Waals surface area contributed by atoms with E-state index in [2.05, 4.69) is 142 Å². The summed E-state index contributed by atoms with van der Waals surface area (Å²) < 4.78 is 16.9. The number of hydrogen-bond acceptors (Lipinski definition) is 6. The molecule has 0 saturated carbocycles. The van der Waals surface area contributed by atoms with Gasteiger partial charge in [0, 0.05) is 19.3 Å². The van der Waals surface area contributed by atoms with Crippen LogP contribution in [0.4, 0.5) is 0 Å². The van der Waals surface area contributed by atoms with E-state index in [0.717, 1.165) is 148 Å². The highest BCUT2D eigenvalue weighted by Gasteiger charge is 2.19. The van der Waals surface area contributed by atoms with Crippen LogP contribution in [0.1, 0.15) is 316 Å². The Morgan fingerprint density at radius 1 is 0.259 bits per heavy atom. The minimum absolute atomic E-state index is 0.0860. The van der Waals surface area contributed by atoms with Gasteiger partial charge in [-0.1, -0.05) is 303 Å². The Hall–Kier alpha value is -4.19. The van der Waals surface area contributed by atoms with Crippen molar-refractivity contribution in [2.24, 2.45) is 0 Å². The molecule has 0 aliphatic rings. The van der Waals surface area contributed by atoms with Gasteiger partial charge in [-0.25, -0.2) is 0 Å². The Bertz CT molecular complexity index is 1670. The molecule has 0 spiro atoms. The van der Waals surface area contributed by atoms with E-state index in [4.69, 9.17) is 14.2 Å². The van der Waals surface area contributed by atoms with E-state index < -0.39 is 6.10 Å². The molecule has 0 aliphatic heterocycles. The highest BCUT2D eigenvalue weighted by atomic mass is 16.6. The molecule has 0 amide bonds. The Kier molecular flexibility index (Phi) is 64.8. The zero-order valence-electron chi connectivity index (χ0n) is 53.0. The first-order valence-corrected chi connectivity index (χ1v) is 34.0. The van der Waals surface area contributed by atoms with Crippen molar-refractivity contribution in [2.75, 3.05) is 13.2 Å². The van der Waals surface area contributed by atoms with Gasteiger partial charge >= 0.3 is 17.9 Å². The van der Waals surface area contributed by atoms with E-state index in [0.29, 0.717) is 19.3 Å². The lowest BCUT2D eigenvalue weighted by molar-refractivity contribution is -0.167. The molecule has 0 heterocycles. The van der Waals surface area contributed by atoms with Gasteiger partial charge in [0.05, 0.1) is 0 Å². The molecule has 0 bridgehead atoms. The number of rotatable bonds is 61. The van der Waals surface area contributed by atoms with Crippen LogP contribution in [-0.2, 0) is 28.6 Å². The summed E-state index contributed by atoms with van der Waals surface area (Å²) in [7, 11) is 0. The SMILES string of the molecule is CC/C=C\C/C=C\C/C=C\C/C=C\C/C=C\C/C=C\C/C=C\C/C=C\C/C=C\CCCCCCCC(=O)OCC(COC(=O)CCCCCCCCCCCCCCCC)OC(=O)CCCCCCC/C=C\CCCCCCCCC. The van der Waals surface area contributed by atoms with Crippen molar-refractivity contribution in [3.63, 3.8) is 0 Å². The highest BCUT2D eigenvalue weighted by Crippen LogP contribution is 2.16. The largest absolute Gasteiger partial charge is 0.462 e. The van der Waals surface area contributed by atoms with Gasteiger partial charge in [0.15, 0.2) is 6.10 Å². The van der Waals surface area contributed by atoms with Crippen LogP contribution in [0, 0.1) is 0 Å². The highest BCUT2D eigenvalue weighted by molar-refractivity contribution is 5.71. The summed E-state index contributed by atoms with van der Waals surface area (Å²) in [5, 5.41) is 0. The molecular formula is C75H126O6. The zero-order valence-corrected chi connectivity index (χ0v) is 53.0. The number of unbranched alkanes of at least 4 members (excludes halogenated alkanes) is 30. The van der Waals surface area contributed by atoms with Crippen molar-refractivity contribution in [2.45, 2.75) is 322 Å². The summed E-state index contributed by atoms with van der Waals surface area (Å²) in [5.74, 6) is -0.905. The predicted octanol–water partition coefficient (Wildman–Crippen LogP) is 23.6. The Morgan fingerprint density at radius 2 is 0.481 bits per heavy atom. The molecule has 0 aromatic carbocycles. The fraction of sp³-hybridized carbons (Fsp3) is 0.693. The number of carbonyl (C=O) groups is 3. The molecule has 6 heteroatoms. The van der Waals surface area contributed by atoms with E-state index in [1.54, 1.807) is 0 Å². The Labute approximate surface area is 501 Å². The number of allylic oxidation sites excluding steroid dienone is 20. The van der Waals surface area contributed by atoms with Crippen molar-refractivity contribution >= 4 is 17.9 Å². The van der Waals surface area contributed by atoms with Crippen LogP contribution < -0.4 is 0 Å². The lowest BCUT2D eigenvalue weighted by atomic mass is 10.0. The maximum absolute atomic E-state index is 12.9. The first-order valence-electron chi connectivity index (χ1n) is 34.0. The van der Waals surface area contributed by atoms with Crippen LogP contribution in [0.15, 0.2) is 122 Å². The molecule has 0 radical (unpaired) electrons. The van der Waals surface area contributed by atoms with E-state index in [1.165, 1.54) is 128 Å². The van der Waals surface area contributed by atoms with Crippen LogP contribution in [0.2, 0.25) is 0 Å². The Morgan fingerprint density at radius 3 is 0.765 bits per heavy atom. The summed E-state index contributed by atoms with van der Waals surface area (Å²) >= 11 is 0. The number of esters is 3. The maximum atomic E-state index is 12.9. The minimum Gasteiger partial charge on any atom is -0.462 e. The fourth-order valence-corrected chi connectivity index (χ4v) is 9.37. The van der Waals surface area contributed by atoms with Gasteiger partial charge < -0.3 is 14.2 Å². The van der Waals surface area contributed by atoms with Crippen molar-refractivity contribution in [3.8, 4) is 0 Å². The molecule has 0 aromatic rings. The third-order valence-corrected chi connectivity index (χ3v) is 14.5. The molecule has 6 nitrogen and oxygen atoms in total. The quantitative estimate of drug-likeness (QED) is 0.0261. The van der Waals surface area contributed by atoms with Crippen molar-refractivity contribution in [3.05, 3.63) is 122 Å². The second-order valence-electron chi connectivity index (χ2n) is 22.4. The standard InChI is InChI=1S/C75H126O6/c1-4-7-10-13-16-19-22-25-28-30-31-32-33-34-35-36-37-38-39-40-41-42-43-44-45-46-48-50-53-56-59-62-65-68-74(77)80-71-72(70-79-73(76)67-64-61-58-55-52-49-27-24-21-18-15-12-9-6-3)81-75(78)69-66-63-60-57-54-51-47-29-26-23-20-17-14-11-8-5-2/h7,10,16,19,25,28-29,31-32,34-35,37-38,40-41,43-44,46-48,72H,4-6,8-9,11-15,17-18,20-24,26-27,30,33,36,39,42,45,49-71H2,1-3H3/b10-7-,19-16-,28-25-,32-31-,35-34-,38-37-,41-40-,44-43-,47-29-,48-46-. The molecule has 0 aliphatic carbocycles. The van der Waals surface area contributed by atoms with Crippen LogP contribution in [0.5, 0.6) is 0 Å². The molecule has 81 heavy (non-hydrogen) atoms. The molecule has 1 unspecified atom stereocenters. The summed E-state index contributed by atoms with van der Waals surface area (Å²) in [6, 6.07) is 0. The normalized spacial score (nSPS) is 12.9. The molecule has 0 N–H and O–H groups in total. The summed E-state index contributed by atoms with van der Waals surface area (Å²) in [6.45, 7) is 6.53. The summed E-state index contributed by atoms with van der Waals surface area (Å²) in [5.41, 5.74) is 0. The smallest absolute Gasteiger partial charge is 0.306 e. The molecule has 0 fully saturated rings. The van der Waals surface area contributed by atoms with Gasteiger partial charge in [0.25, 0.3) is 0 Å². The van der Waals surface area contributed by atoms with Gasteiger partial charge in [-0.05, 0) is 116 Å². The topological polar surface area (TPSA) is 78.9 Å². The second-order valence-corrected chi connectivity index (χ2v) is 22.4. The molecule has 462 valence electrons. The number of ether oxygens (including phenoxy) is 3. The average Bonchev–Trinajstić information content (AvgIpc) is 3.47. The van der Waals surface area contributed by atoms with Crippen molar-refractivity contribution in [1.29, 1.82) is 0 Å². The number of carbonyl (C=O) groups excluding carboxylic acids is 3. The first-order chi connectivity index (χ1) is 40.0. The van der Waals surface area contributed by atoms with E-state index >= 15 is 0 Å². The monoisotopic (exact) mass is 1120 g/mol. The van der Waals surface area contributed by atoms with Crippen molar-refractivity contribution in [1.82, 2.24) is 0 Å². The number of hydrogen-bond donors (Lipinski definition) is 0. The first kappa shape index (κ1) is 76.8. The van der Waals surface area contributed by atoms with Crippen LogP contribution in [0.3, 0.4) is 0 Å². The van der Waals surface area contributed by atoms with Gasteiger partial charge in [-0.3, -0.25) is 14.4 Å². The van der Waals surface area contributed by atoms with Crippen LogP contribution in [0.25, 0.3) is 0 Å². The van der Waals surface area contributed by atoms with E-state index in [9.17, 15) is 14.4 Å². The molecule has 0 saturated heterocycles. The zero-order chi connectivity index (χ0) is 58.5. The minimum atomic E-state index is -0.792. The second kappa shape index (κ2) is 68.3. The molecular weight excluding hydrogens is 997 g/mol. The summed E-state index contributed by atoms with van der Waals surface area (Å²) in [4.78, 5) is 38.3. The Balaban J connectivity index is 4.33. The van der Waals surface area contributed by atoms with E-state index in [1.807, 2.05) is 0 Å². The van der Waals surface area contributed by atoms with Crippen LogP contribution in [-0.4, -0.2) is 37.2 Å². The van der Waals surface area contributed by atoms with Gasteiger partial charge in [-0.2, -0.15) is 0 Å².